The van der Waals surface area contributed by atoms with Gasteiger partial charge in [-0.05, 0) is 31.6 Å². The summed E-state index contributed by atoms with van der Waals surface area (Å²) in [6.07, 6.45) is 45.8. The van der Waals surface area contributed by atoms with E-state index in [1.54, 1.807) is 0 Å². The van der Waals surface area contributed by atoms with Gasteiger partial charge in [0, 0.05) is 25.7 Å². The van der Waals surface area contributed by atoms with Crippen molar-refractivity contribution >= 4 is 39.5 Å². The summed E-state index contributed by atoms with van der Waals surface area (Å²) in [5, 5.41) is 10.6. The maximum absolute atomic E-state index is 13.0. The lowest BCUT2D eigenvalue weighted by molar-refractivity contribution is -0.161. The minimum absolute atomic E-state index is 0.107. The number of carbonyl (C=O) groups excluding carboxylic acids is 4. The monoisotopic (exact) mass is 1270 g/mol. The summed E-state index contributed by atoms with van der Waals surface area (Å²) in [6, 6.07) is 0. The standard InChI is InChI=1S/C67H130O17P2/c1-6-10-13-16-19-21-23-25-26-27-29-31-38-43-48-53-67(72)84-63(57-78-65(70)51-46-41-36-33-32-35-39-44-49-60(5)9-4)59-82-86(75,76)80-55-61(68)54-79-85(73,74)81-58-62(56-77-64(69)50-45-40-34-18-15-12-8-3)83-66(71)52-47-42-37-30-28-24-22-20-17-14-11-7-2/h60-63,68H,6-59H2,1-5H3,(H,73,74)(H,75,76)/t60?,61-,62+,63+/m0/s1. The van der Waals surface area contributed by atoms with Gasteiger partial charge in [-0.15, -0.1) is 0 Å². The van der Waals surface area contributed by atoms with Crippen molar-refractivity contribution in [1.29, 1.82) is 0 Å². The van der Waals surface area contributed by atoms with Gasteiger partial charge in [-0.1, -0.05) is 291 Å². The smallest absolute Gasteiger partial charge is 0.462 e. The highest BCUT2D eigenvalue weighted by Crippen LogP contribution is 2.45. The van der Waals surface area contributed by atoms with Crippen molar-refractivity contribution in [2.45, 2.75) is 361 Å². The lowest BCUT2D eigenvalue weighted by atomic mass is 9.99. The molecular weight excluding hydrogens is 1140 g/mol. The summed E-state index contributed by atoms with van der Waals surface area (Å²) in [6.45, 7) is 7.19. The van der Waals surface area contributed by atoms with Crippen molar-refractivity contribution in [1.82, 2.24) is 0 Å². The minimum Gasteiger partial charge on any atom is -0.462 e. The number of unbranched alkanes of at least 4 members (excludes halogenated alkanes) is 38. The van der Waals surface area contributed by atoms with E-state index in [0.717, 1.165) is 109 Å². The van der Waals surface area contributed by atoms with Crippen LogP contribution in [-0.4, -0.2) is 96.7 Å². The van der Waals surface area contributed by atoms with E-state index in [1.807, 2.05) is 0 Å². The van der Waals surface area contributed by atoms with Gasteiger partial charge in [0.05, 0.1) is 26.4 Å². The zero-order chi connectivity index (χ0) is 63.5. The Kier molecular flexibility index (Phi) is 59.2. The molecule has 0 fully saturated rings. The van der Waals surface area contributed by atoms with Crippen LogP contribution in [0.2, 0.25) is 0 Å². The van der Waals surface area contributed by atoms with Crippen LogP contribution >= 0.6 is 15.6 Å². The first kappa shape index (κ1) is 84.1. The second-order valence-corrected chi connectivity index (χ2v) is 27.4. The SMILES string of the molecule is CCCCCCCCCCCCCCCCCC(=O)O[C@H](COC(=O)CCCCCCCCCCC(C)CC)COP(=O)(O)OC[C@@H](O)COP(=O)(O)OC[C@@H](COC(=O)CCCCCCCCC)OC(=O)CCCCCCCCCCCCCC. The lowest BCUT2D eigenvalue weighted by Crippen LogP contribution is -2.30. The van der Waals surface area contributed by atoms with Gasteiger partial charge in [0.2, 0.25) is 0 Å². The van der Waals surface area contributed by atoms with E-state index in [-0.39, 0.29) is 25.7 Å². The predicted molar refractivity (Wildman–Crippen MR) is 345 cm³/mol. The van der Waals surface area contributed by atoms with Crippen molar-refractivity contribution in [2.24, 2.45) is 5.92 Å². The normalized spacial score (nSPS) is 14.5. The third-order valence-electron chi connectivity index (χ3n) is 15.9. The number of carbonyl (C=O) groups is 4. The van der Waals surface area contributed by atoms with Crippen LogP contribution in [-0.2, 0) is 65.4 Å². The summed E-state index contributed by atoms with van der Waals surface area (Å²) in [4.78, 5) is 72.3. The van der Waals surface area contributed by atoms with Gasteiger partial charge in [0.25, 0.3) is 0 Å². The molecule has 6 atom stereocenters. The predicted octanol–water partition coefficient (Wildman–Crippen LogP) is 19.0. The van der Waals surface area contributed by atoms with Crippen molar-refractivity contribution in [3.8, 4) is 0 Å². The quantitative estimate of drug-likeness (QED) is 0.0222. The van der Waals surface area contributed by atoms with Gasteiger partial charge in [0.1, 0.15) is 19.3 Å². The van der Waals surface area contributed by atoms with Crippen LogP contribution in [0.3, 0.4) is 0 Å². The average molecular weight is 1270 g/mol. The molecule has 17 nitrogen and oxygen atoms in total. The number of hydrogen-bond donors (Lipinski definition) is 3. The molecule has 0 aromatic heterocycles. The highest BCUT2D eigenvalue weighted by atomic mass is 31.2. The minimum atomic E-state index is -4.95. The molecule has 0 heterocycles. The summed E-state index contributed by atoms with van der Waals surface area (Å²) in [7, 11) is -9.89. The molecular formula is C67H130O17P2. The van der Waals surface area contributed by atoms with E-state index < -0.39 is 97.5 Å². The van der Waals surface area contributed by atoms with E-state index in [1.165, 1.54) is 154 Å². The molecule has 0 saturated heterocycles. The van der Waals surface area contributed by atoms with E-state index >= 15 is 0 Å². The van der Waals surface area contributed by atoms with Crippen molar-refractivity contribution in [3.05, 3.63) is 0 Å². The van der Waals surface area contributed by atoms with Crippen LogP contribution in [0, 0.1) is 5.92 Å². The fourth-order valence-electron chi connectivity index (χ4n) is 10.1. The molecule has 0 aromatic carbocycles. The Balaban J connectivity index is 5.21. The first-order valence-corrected chi connectivity index (χ1v) is 38.2. The fraction of sp³-hybridized carbons (Fsp3) is 0.940. The number of aliphatic hydroxyl groups excluding tert-OH is 1. The van der Waals surface area contributed by atoms with Crippen molar-refractivity contribution in [2.75, 3.05) is 39.6 Å². The fourth-order valence-corrected chi connectivity index (χ4v) is 11.7. The first-order chi connectivity index (χ1) is 41.6. The van der Waals surface area contributed by atoms with Gasteiger partial charge in [0.15, 0.2) is 12.2 Å². The lowest BCUT2D eigenvalue weighted by Gasteiger charge is -2.21. The molecule has 0 rings (SSSR count). The molecule has 510 valence electrons. The number of phosphoric acid groups is 2. The van der Waals surface area contributed by atoms with Gasteiger partial charge in [-0.3, -0.25) is 37.3 Å². The van der Waals surface area contributed by atoms with E-state index in [0.29, 0.717) is 25.7 Å². The summed E-state index contributed by atoms with van der Waals surface area (Å²) in [5.41, 5.74) is 0. The Hall–Kier alpha value is -1.94. The molecule has 0 aromatic rings. The zero-order valence-corrected chi connectivity index (χ0v) is 57.2. The Morgan fingerprint density at radius 1 is 0.326 bits per heavy atom. The second-order valence-electron chi connectivity index (χ2n) is 24.5. The van der Waals surface area contributed by atoms with Crippen molar-refractivity contribution < 1.29 is 80.2 Å². The molecule has 0 aliphatic heterocycles. The number of aliphatic hydroxyl groups is 1. The molecule has 0 radical (unpaired) electrons. The number of rotatable bonds is 67. The maximum atomic E-state index is 13.0. The van der Waals surface area contributed by atoms with Crippen molar-refractivity contribution in [3.63, 3.8) is 0 Å². The second kappa shape index (κ2) is 60.6. The number of phosphoric ester groups is 2. The molecule has 0 aliphatic rings. The number of esters is 4. The van der Waals surface area contributed by atoms with Crippen LogP contribution in [0.5, 0.6) is 0 Å². The zero-order valence-electron chi connectivity index (χ0n) is 55.4. The van der Waals surface area contributed by atoms with Gasteiger partial charge in [-0.25, -0.2) is 9.13 Å². The summed E-state index contributed by atoms with van der Waals surface area (Å²) >= 11 is 0. The highest BCUT2D eigenvalue weighted by molar-refractivity contribution is 7.47. The van der Waals surface area contributed by atoms with E-state index in [2.05, 4.69) is 34.6 Å². The van der Waals surface area contributed by atoms with Crippen LogP contribution in [0.15, 0.2) is 0 Å². The van der Waals surface area contributed by atoms with E-state index in [4.69, 9.17) is 37.0 Å². The Morgan fingerprint density at radius 2 is 0.558 bits per heavy atom. The molecule has 3 N–H and O–H groups in total. The summed E-state index contributed by atoms with van der Waals surface area (Å²) in [5.74, 6) is -1.35. The molecule has 3 unspecified atom stereocenters. The van der Waals surface area contributed by atoms with Gasteiger partial charge < -0.3 is 33.8 Å². The van der Waals surface area contributed by atoms with E-state index in [9.17, 15) is 43.2 Å². The average Bonchev–Trinajstić information content (AvgIpc) is 3.68. The molecule has 0 saturated carbocycles. The van der Waals surface area contributed by atoms with Gasteiger partial charge >= 0.3 is 39.5 Å². The molecule has 0 aliphatic carbocycles. The molecule has 0 spiro atoms. The van der Waals surface area contributed by atoms with Gasteiger partial charge in [-0.2, -0.15) is 0 Å². The first-order valence-electron chi connectivity index (χ1n) is 35.2. The Labute approximate surface area is 524 Å². The largest absolute Gasteiger partial charge is 0.472 e. The Morgan fingerprint density at radius 3 is 0.826 bits per heavy atom. The van der Waals surface area contributed by atoms with Crippen LogP contribution in [0.4, 0.5) is 0 Å². The topological polar surface area (TPSA) is 237 Å². The van der Waals surface area contributed by atoms with Crippen LogP contribution < -0.4 is 0 Å². The van der Waals surface area contributed by atoms with Crippen LogP contribution in [0.25, 0.3) is 0 Å². The molecule has 86 heavy (non-hydrogen) atoms. The molecule has 0 bridgehead atoms. The Bertz CT molecular complexity index is 1670. The highest BCUT2D eigenvalue weighted by Gasteiger charge is 2.30. The van der Waals surface area contributed by atoms with Crippen LogP contribution in [0.1, 0.15) is 343 Å². The molecule has 19 heteroatoms. The molecule has 0 amide bonds. The third kappa shape index (κ3) is 59.7. The number of hydrogen-bond acceptors (Lipinski definition) is 15. The number of ether oxygens (including phenoxy) is 4. The maximum Gasteiger partial charge on any atom is 0.472 e. The summed E-state index contributed by atoms with van der Waals surface area (Å²) < 4.78 is 68.1. The third-order valence-corrected chi connectivity index (χ3v) is 17.8.